The van der Waals surface area contributed by atoms with Gasteiger partial charge in [0.05, 0.1) is 19.8 Å². The Bertz CT molecular complexity index is 865. The van der Waals surface area contributed by atoms with Crippen molar-refractivity contribution in [1.82, 2.24) is 16.2 Å². The minimum absolute atomic E-state index is 0.0506. The van der Waals surface area contributed by atoms with Crippen molar-refractivity contribution in [1.29, 1.82) is 0 Å². The van der Waals surface area contributed by atoms with Crippen LogP contribution in [0.2, 0.25) is 0 Å². The molecule has 2 rings (SSSR count). The summed E-state index contributed by atoms with van der Waals surface area (Å²) in [5, 5.41) is 2.37. The molecule has 1 aromatic heterocycles. The summed E-state index contributed by atoms with van der Waals surface area (Å²) in [6.45, 7) is 3.40. The van der Waals surface area contributed by atoms with Gasteiger partial charge in [-0.2, -0.15) is 0 Å². The van der Waals surface area contributed by atoms with E-state index < -0.39 is 17.7 Å². The van der Waals surface area contributed by atoms with Crippen LogP contribution in [-0.2, 0) is 4.79 Å². The number of hydrazine groups is 1. The summed E-state index contributed by atoms with van der Waals surface area (Å²) < 4.78 is 16.3. The van der Waals surface area contributed by atoms with Gasteiger partial charge in [0.1, 0.15) is 0 Å². The molecule has 9 nitrogen and oxygen atoms in total. The normalized spacial score (nSPS) is 10.3. The molecule has 0 fully saturated rings. The lowest BCUT2D eigenvalue weighted by atomic mass is 10.2. The lowest BCUT2D eigenvalue weighted by molar-refractivity contribution is -0.120. The highest BCUT2D eigenvalue weighted by Crippen LogP contribution is 2.28. The van der Waals surface area contributed by atoms with E-state index in [4.69, 9.17) is 13.9 Å². The van der Waals surface area contributed by atoms with E-state index in [2.05, 4.69) is 32.1 Å². The van der Waals surface area contributed by atoms with Crippen molar-refractivity contribution < 1.29 is 28.3 Å². The zero-order valence-corrected chi connectivity index (χ0v) is 17.1. The Morgan fingerprint density at radius 1 is 1.07 bits per heavy atom. The van der Waals surface area contributed by atoms with E-state index in [0.717, 1.165) is 0 Å². The lowest BCUT2D eigenvalue weighted by Gasteiger charge is -2.14. The molecule has 3 N–H and O–H groups in total. The quantitative estimate of drug-likeness (QED) is 0.551. The fourth-order valence-corrected chi connectivity index (χ4v) is 2.39. The largest absolute Gasteiger partial charge is 0.493 e. The van der Waals surface area contributed by atoms with Crippen LogP contribution in [0.1, 0.15) is 34.8 Å². The Morgan fingerprint density at radius 2 is 1.82 bits per heavy atom. The number of methoxy groups -OCH3 is 1. The summed E-state index contributed by atoms with van der Waals surface area (Å²) in [4.78, 5) is 35.8. The second-order valence-electron chi connectivity index (χ2n) is 5.82. The van der Waals surface area contributed by atoms with Gasteiger partial charge in [0, 0.05) is 5.56 Å². The van der Waals surface area contributed by atoms with Crippen LogP contribution in [0.25, 0.3) is 0 Å². The van der Waals surface area contributed by atoms with Gasteiger partial charge in [-0.3, -0.25) is 25.2 Å². The lowest BCUT2D eigenvalue weighted by Crippen LogP contribution is -2.46. The number of hydrogen-bond donors (Lipinski definition) is 3. The van der Waals surface area contributed by atoms with E-state index >= 15 is 0 Å². The van der Waals surface area contributed by atoms with Crippen molar-refractivity contribution >= 4 is 33.7 Å². The first kappa shape index (κ1) is 21.3. The zero-order valence-electron chi connectivity index (χ0n) is 15.5. The van der Waals surface area contributed by atoms with Crippen molar-refractivity contribution in [3.8, 4) is 11.5 Å². The number of rotatable bonds is 7. The number of benzene rings is 1. The number of hydrogen-bond acceptors (Lipinski definition) is 6. The van der Waals surface area contributed by atoms with Gasteiger partial charge in [0.15, 0.2) is 21.9 Å². The van der Waals surface area contributed by atoms with E-state index in [9.17, 15) is 14.4 Å². The Hall–Kier alpha value is -3.01. The summed E-state index contributed by atoms with van der Waals surface area (Å²) in [6.07, 6.45) is -0.0506. The summed E-state index contributed by atoms with van der Waals surface area (Å²) >= 11 is 3.08. The predicted molar refractivity (Wildman–Crippen MR) is 103 cm³/mol. The SMILES string of the molecule is COc1cc(C(=O)NNC(=O)CNC(=O)c2ccc(Br)o2)ccc1OC(C)C. The number of furan rings is 1. The van der Waals surface area contributed by atoms with Gasteiger partial charge in [0.2, 0.25) is 0 Å². The zero-order chi connectivity index (χ0) is 20.7. The van der Waals surface area contributed by atoms with E-state index in [0.29, 0.717) is 16.2 Å². The molecule has 3 amide bonds. The summed E-state index contributed by atoms with van der Waals surface area (Å²) in [7, 11) is 1.46. The molecule has 0 aliphatic heterocycles. The third kappa shape index (κ3) is 6.02. The van der Waals surface area contributed by atoms with Crippen molar-refractivity contribution in [2.45, 2.75) is 20.0 Å². The monoisotopic (exact) mass is 453 g/mol. The van der Waals surface area contributed by atoms with Crippen LogP contribution in [-0.4, -0.2) is 37.5 Å². The van der Waals surface area contributed by atoms with E-state index in [1.165, 1.54) is 25.3 Å². The van der Waals surface area contributed by atoms with Crippen LogP contribution < -0.4 is 25.6 Å². The molecule has 150 valence electrons. The molecule has 0 atom stereocenters. The van der Waals surface area contributed by atoms with Gasteiger partial charge in [-0.25, -0.2) is 0 Å². The fraction of sp³-hybridized carbons (Fsp3) is 0.278. The molecule has 28 heavy (non-hydrogen) atoms. The van der Waals surface area contributed by atoms with Crippen LogP contribution in [0.5, 0.6) is 11.5 Å². The summed E-state index contributed by atoms with van der Waals surface area (Å²) in [6, 6.07) is 7.66. The molecule has 0 saturated carbocycles. The van der Waals surface area contributed by atoms with Gasteiger partial charge in [-0.1, -0.05) is 0 Å². The van der Waals surface area contributed by atoms with Gasteiger partial charge >= 0.3 is 0 Å². The Balaban J connectivity index is 1.85. The molecule has 10 heteroatoms. The summed E-state index contributed by atoms with van der Waals surface area (Å²) in [5.74, 6) is -0.768. The molecule has 1 heterocycles. The van der Waals surface area contributed by atoms with Crippen molar-refractivity contribution in [3.63, 3.8) is 0 Å². The highest BCUT2D eigenvalue weighted by Gasteiger charge is 2.14. The maximum atomic E-state index is 12.2. The molecule has 0 unspecified atom stereocenters. The second-order valence-corrected chi connectivity index (χ2v) is 6.60. The smallest absolute Gasteiger partial charge is 0.287 e. The maximum Gasteiger partial charge on any atom is 0.287 e. The minimum atomic E-state index is -0.612. The van der Waals surface area contributed by atoms with Gasteiger partial charge < -0.3 is 19.2 Å². The van der Waals surface area contributed by atoms with Gasteiger partial charge in [0.25, 0.3) is 17.7 Å². The number of nitrogens with one attached hydrogen (secondary N) is 3. The third-order valence-corrected chi connectivity index (χ3v) is 3.74. The maximum absolute atomic E-state index is 12.2. The van der Waals surface area contributed by atoms with Crippen LogP contribution in [0.15, 0.2) is 39.4 Å². The standard InChI is InChI=1S/C18H20BrN3O6/c1-10(2)27-12-5-4-11(8-14(12)26-3)17(24)22-21-16(23)9-20-18(25)13-6-7-15(19)28-13/h4-8,10H,9H2,1-3H3,(H,20,25)(H,21,23)(H,22,24). The highest BCUT2D eigenvalue weighted by molar-refractivity contribution is 9.10. The minimum Gasteiger partial charge on any atom is -0.493 e. The first-order valence-electron chi connectivity index (χ1n) is 8.27. The van der Waals surface area contributed by atoms with Crippen molar-refractivity contribution in [3.05, 3.63) is 46.3 Å². The van der Waals surface area contributed by atoms with Gasteiger partial charge in [-0.05, 0) is 60.1 Å². The molecule has 0 spiro atoms. The van der Waals surface area contributed by atoms with E-state index in [1.54, 1.807) is 12.1 Å². The fourth-order valence-electron chi connectivity index (χ4n) is 2.09. The molecule has 0 aliphatic carbocycles. The van der Waals surface area contributed by atoms with E-state index in [1.807, 2.05) is 13.8 Å². The molecule has 0 aliphatic rings. The topological polar surface area (TPSA) is 119 Å². The molecule has 0 bridgehead atoms. The van der Waals surface area contributed by atoms with Crippen molar-refractivity contribution in [2.24, 2.45) is 0 Å². The first-order chi connectivity index (χ1) is 13.3. The van der Waals surface area contributed by atoms with Crippen LogP contribution >= 0.6 is 15.9 Å². The number of ether oxygens (including phenoxy) is 2. The Morgan fingerprint density at radius 3 is 2.43 bits per heavy atom. The second kappa shape index (κ2) is 9.79. The Kier molecular flexibility index (Phi) is 7.44. The highest BCUT2D eigenvalue weighted by atomic mass is 79.9. The molecule has 0 saturated heterocycles. The van der Waals surface area contributed by atoms with Crippen LogP contribution in [0.4, 0.5) is 0 Å². The Labute approximate surface area is 169 Å². The molecular weight excluding hydrogens is 434 g/mol. The first-order valence-corrected chi connectivity index (χ1v) is 9.07. The number of carbonyl (C=O) groups is 3. The molecule has 2 aromatic rings. The van der Waals surface area contributed by atoms with Crippen molar-refractivity contribution in [2.75, 3.05) is 13.7 Å². The molecular formula is C18H20BrN3O6. The summed E-state index contributed by atoms with van der Waals surface area (Å²) in [5.41, 5.74) is 4.73. The average Bonchev–Trinajstić information content (AvgIpc) is 3.10. The predicted octanol–water partition coefficient (Wildman–Crippen LogP) is 2.03. The number of carbonyl (C=O) groups excluding carboxylic acids is 3. The molecule has 1 aromatic carbocycles. The van der Waals surface area contributed by atoms with E-state index in [-0.39, 0.29) is 24.0 Å². The molecule has 0 radical (unpaired) electrons. The average molecular weight is 454 g/mol. The number of amides is 3. The van der Waals surface area contributed by atoms with Crippen LogP contribution in [0.3, 0.4) is 0 Å². The van der Waals surface area contributed by atoms with Gasteiger partial charge in [-0.15, -0.1) is 0 Å². The van der Waals surface area contributed by atoms with Crippen LogP contribution in [0, 0.1) is 0 Å². The number of halogens is 1. The third-order valence-electron chi connectivity index (χ3n) is 3.31.